The van der Waals surface area contributed by atoms with Gasteiger partial charge >= 0.3 is 0 Å². The van der Waals surface area contributed by atoms with Crippen molar-refractivity contribution in [2.24, 2.45) is 11.7 Å². The maximum Gasteiger partial charge on any atom is 0.0175 e. The molecule has 1 rings (SSSR count). The molecule has 4 N–H and O–H groups in total. The lowest BCUT2D eigenvalue weighted by atomic mass is 10.4. The third-order valence-corrected chi connectivity index (χ3v) is 1.26. The zero-order chi connectivity index (χ0) is 7.11. The minimum absolute atomic E-state index is 0. The number of benzene rings is 1. The monoisotopic (exact) mass is 224 g/mol. The Balaban J connectivity index is 0. The van der Waals surface area contributed by atoms with Gasteiger partial charge in [-0.25, -0.2) is 0 Å². The summed E-state index contributed by atoms with van der Waals surface area (Å²) in [5.74, 6) is 8.00. The first-order valence-corrected chi connectivity index (χ1v) is 3.23. The molecule has 0 spiro atoms. The highest BCUT2D eigenvalue weighted by Crippen LogP contribution is 2.05. The Labute approximate surface area is 75.1 Å². The first-order chi connectivity index (χ1) is 4.39. The first kappa shape index (κ1) is 12.6. The Morgan fingerprint density at radius 3 is 1.60 bits per heavy atom. The van der Waals surface area contributed by atoms with Crippen LogP contribution >= 0.6 is 28.3 Å². The summed E-state index contributed by atoms with van der Waals surface area (Å²) in [5.41, 5.74) is 0. The van der Waals surface area contributed by atoms with E-state index in [1.165, 1.54) is 0 Å². The Morgan fingerprint density at radius 1 is 1.00 bits per heavy atom. The van der Waals surface area contributed by atoms with E-state index < -0.39 is 0 Å². The van der Waals surface area contributed by atoms with Gasteiger partial charge in [0, 0.05) is 4.47 Å². The molecule has 1 aromatic rings. The van der Waals surface area contributed by atoms with E-state index in [1.54, 1.807) is 0 Å². The number of halogens is 2. The van der Waals surface area contributed by atoms with Crippen molar-refractivity contribution in [3.05, 3.63) is 34.8 Å². The molecule has 0 saturated heterocycles. The van der Waals surface area contributed by atoms with Crippen molar-refractivity contribution in [1.29, 1.82) is 0 Å². The van der Waals surface area contributed by atoms with Crippen LogP contribution in [0.3, 0.4) is 0 Å². The summed E-state index contributed by atoms with van der Waals surface area (Å²) in [5, 5.41) is 0. The fourth-order valence-corrected chi connectivity index (χ4v) is 0.720. The van der Waals surface area contributed by atoms with Crippen LogP contribution in [0, 0.1) is 0 Å². The fraction of sp³-hybridized carbons (Fsp3) is 0. The van der Waals surface area contributed by atoms with E-state index in [2.05, 4.69) is 27.6 Å². The van der Waals surface area contributed by atoms with Gasteiger partial charge in [-0.05, 0) is 12.1 Å². The second-order valence-corrected chi connectivity index (χ2v) is 2.21. The van der Waals surface area contributed by atoms with E-state index in [4.69, 9.17) is 0 Å². The third-order valence-electron chi connectivity index (χ3n) is 0.733. The normalized spacial score (nSPS) is 6.70. The highest BCUT2D eigenvalue weighted by molar-refractivity contribution is 9.10. The summed E-state index contributed by atoms with van der Waals surface area (Å²) >= 11 is 3.31. The summed E-state index contributed by atoms with van der Waals surface area (Å²) in [7, 11) is 0. The van der Waals surface area contributed by atoms with Crippen molar-refractivity contribution in [3.8, 4) is 0 Å². The molecule has 4 heteroatoms. The third kappa shape index (κ3) is 6.04. The highest BCUT2D eigenvalue weighted by atomic mass is 79.9. The quantitative estimate of drug-likeness (QED) is 0.521. The van der Waals surface area contributed by atoms with E-state index in [-0.39, 0.29) is 12.4 Å². The molecule has 2 nitrogen and oxygen atoms in total. The van der Waals surface area contributed by atoms with E-state index in [9.17, 15) is 0 Å². The lowest BCUT2D eigenvalue weighted by molar-refractivity contribution is 1.26. The van der Waals surface area contributed by atoms with E-state index in [0.29, 0.717) is 0 Å². The average molecular weight is 226 g/mol. The number of hydrogen-bond acceptors (Lipinski definition) is 2. The first-order valence-electron chi connectivity index (χ1n) is 2.43. The molecule has 0 amide bonds. The van der Waals surface area contributed by atoms with Crippen molar-refractivity contribution in [3.63, 3.8) is 0 Å². The number of hydrazine groups is 1. The zero-order valence-corrected chi connectivity index (χ0v) is 7.73. The maximum absolute atomic E-state index is 4.00. The van der Waals surface area contributed by atoms with Gasteiger partial charge in [0.2, 0.25) is 0 Å². The van der Waals surface area contributed by atoms with Crippen LogP contribution in [0.1, 0.15) is 0 Å². The van der Waals surface area contributed by atoms with Crippen LogP contribution in [0.25, 0.3) is 0 Å². The molecule has 0 aliphatic carbocycles. The fourth-order valence-electron chi connectivity index (χ4n) is 0.415. The minimum Gasteiger partial charge on any atom is -0.274 e. The predicted molar refractivity (Wildman–Crippen MR) is 49.8 cm³/mol. The lowest BCUT2D eigenvalue weighted by Crippen LogP contribution is -2.02. The average Bonchev–Trinajstić information content (AvgIpc) is 1.94. The summed E-state index contributed by atoms with van der Waals surface area (Å²) in [6.45, 7) is 0. The van der Waals surface area contributed by atoms with Gasteiger partial charge in [0.25, 0.3) is 0 Å². The number of rotatable bonds is 0. The van der Waals surface area contributed by atoms with Gasteiger partial charge in [-0.1, -0.05) is 34.1 Å². The standard InChI is InChI=1S/C6H5Br.ClH.H4N2/c7-6-4-2-1-3-5-6;;1-2/h1-5H;1H;1-2H2. The number of hydrogen-bond donors (Lipinski definition) is 2. The van der Waals surface area contributed by atoms with Crippen LogP contribution in [0.5, 0.6) is 0 Å². The van der Waals surface area contributed by atoms with Crippen molar-refractivity contribution in [1.82, 2.24) is 0 Å². The van der Waals surface area contributed by atoms with Crippen LogP contribution < -0.4 is 11.7 Å². The van der Waals surface area contributed by atoms with Crippen molar-refractivity contribution >= 4 is 28.3 Å². The Morgan fingerprint density at radius 2 is 1.40 bits per heavy atom. The molecule has 0 bridgehead atoms. The topological polar surface area (TPSA) is 52.0 Å². The van der Waals surface area contributed by atoms with Gasteiger partial charge in [-0.2, -0.15) is 0 Å². The molecular formula is C6H10BrClN2. The van der Waals surface area contributed by atoms with E-state index >= 15 is 0 Å². The summed E-state index contributed by atoms with van der Waals surface area (Å²) in [4.78, 5) is 0. The Kier molecular flexibility index (Phi) is 11.2. The van der Waals surface area contributed by atoms with Crippen LogP contribution in [0.2, 0.25) is 0 Å². The largest absolute Gasteiger partial charge is 0.274 e. The predicted octanol–water partition coefficient (Wildman–Crippen LogP) is 1.69. The molecule has 0 saturated carbocycles. The molecule has 0 aliphatic heterocycles. The summed E-state index contributed by atoms with van der Waals surface area (Å²) < 4.78 is 1.13. The van der Waals surface area contributed by atoms with Crippen LogP contribution in [0.4, 0.5) is 0 Å². The molecule has 0 heterocycles. The molecular weight excluding hydrogens is 215 g/mol. The van der Waals surface area contributed by atoms with Gasteiger partial charge in [0.1, 0.15) is 0 Å². The minimum atomic E-state index is 0. The van der Waals surface area contributed by atoms with Crippen molar-refractivity contribution < 1.29 is 0 Å². The second kappa shape index (κ2) is 8.91. The lowest BCUT2D eigenvalue weighted by Gasteiger charge is -1.80. The molecule has 0 atom stereocenters. The molecule has 0 aliphatic rings. The van der Waals surface area contributed by atoms with Gasteiger partial charge in [0.15, 0.2) is 0 Å². The zero-order valence-electron chi connectivity index (χ0n) is 5.33. The molecule has 0 radical (unpaired) electrons. The van der Waals surface area contributed by atoms with E-state index in [0.717, 1.165) is 4.47 Å². The van der Waals surface area contributed by atoms with Crippen LogP contribution in [0.15, 0.2) is 34.8 Å². The molecule has 0 aromatic heterocycles. The van der Waals surface area contributed by atoms with Gasteiger partial charge < -0.3 is 0 Å². The summed E-state index contributed by atoms with van der Waals surface area (Å²) in [6.07, 6.45) is 0. The molecule has 1 aromatic carbocycles. The molecule has 0 fully saturated rings. The smallest absolute Gasteiger partial charge is 0.0175 e. The SMILES string of the molecule is Brc1ccccc1.Cl.NN. The Hall–Kier alpha value is -0.0900. The maximum atomic E-state index is 4.00. The second-order valence-electron chi connectivity index (χ2n) is 1.30. The number of nitrogens with two attached hydrogens (primary N) is 2. The van der Waals surface area contributed by atoms with E-state index in [1.807, 2.05) is 30.3 Å². The molecule has 10 heavy (non-hydrogen) atoms. The Bertz CT molecular complexity index is 146. The van der Waals surface area contributed by atoms with Gasteiger partial charge in [-0.3, -0.25) is 11.7 Å². The van der Waals surface area contributed by atoms with Crippen LogP contribution in [-0.4, -0.2) is 0 Å². The summed E-state index contributed by atoms with van der Waals surface area (Å²) in [6, 6.07) is 9.97. The van der Waals surface area contributed by atoms with Crippen molar-refractivity contribution in [2.75, 3.05) is 0 Å². The van der Waals surface area contributed by atoms with Gasteiger partial charge in [-0.15, -0.1) is 12.4 Å². The van der Waals surface area contributed by atoms with Crippen molar-refractivity contribution in [2.45, 2.75) is 0 Å². The van der Waals surface area contributed by atoms with Gasteiger partial charge in [0.05, 0.1) is 0 Å². The highest BCUT2D eigenvalue weighted by Gasteiger charge is 1.74. The van der Waals surface area contributed by atoms with Crippen LogP contribution in [-0.2, 0) is 0 Å². The molecule has 58 valence electrons. The molecule has 0 unspecified atom stereocenters.